The van der Waals surface area contributed by atoms with Gasteiger partial charge in [-0.15, -0.1) is 0 Å². The average Bonchev–Trinajstić information content (AvgIpc) is 3.67. The molecule has 1 aliphatic carbocycles. The van der Waals surface area contributed by atoms with E-state index in [1.165, 1.54) is 32.9 Å². The van der Waals surface area contributed by atoms with Gasteiger partial charge in [-0.3, -0.25) is 0 Å². The number of rotatable bonds is 6. The van der Waals surface area contributed by atoms with Crippen LogP contribution >= 0.6 is 0 Å². The van der Waals surface area contributed by atoms with E-state index in [4.69, 9.17) is 19.4 Å². The van der Waals surface area contributed by atoms with Crippen LogP contribution in [0.15, 0.2) is 193 Å². The fraction of sp³-hybridized carbons (Fsp3) is 0.0556. The van der Waals surface area contributed by atoms with Gasteiger partial charge >= 0.3 is 0 Å². The molecule has 11 rings (SSSR count). The van der Waals surface area contributed by atoms with E-state index in [2.05, 4.69) is 183 Å². The molecule has 2 aromatic heterocycles. The third kappa shape index (κ3) is 6.07. The van der Waals surface area contributed by atoms with E-state index >= 15 is 0 Å². The number of hydrogen-bond donors (Lipinski definition) is 0. The zero-order valence-corrected chi connectivity index (χ0v) is 31.9. The van der Waals surface area contributed by atoms with Crippen molar-refractivity contribution < 1.29 is 4.42 Å². The van der Waals surface area contributed by atoms with E-state index in [1.807, 2.05) is 12.1 Å². The Kier molecular flexibility index (Phi) is 8.14. The highest BCUT2D eigenvalue weighted by molar-refractivity contribution is 6.13. The van der Waals surface area contributed by atoms with Crippen molar-refractivity contribution in [2.24, 2.45) is 5.92 Å². The van der Waals surface area contributed by atoms with Crippen LogP contribution in [0.25, 0.3) is 105 Å². The number of benzene rings is 8. The molecule has 0 saturated heterocycles. The van der Waals surface area contributed by atoms with Gasteiger partial charge < -0.3 is 4.42 Å². The van der Waals surface area contributed by atoms with Crippen molar-refractivity contribution in [2.75, 3.05) is 0 Å². The van der Waals surface area contributed by atoms with Crippen LogP contribution in [0.2, 0.25) is 0 Å². The van der Waals surface area contributed by atoms with Crippen LogP contribution in [0.4, 0.5) is 0 Å². The zero-order valence-electron chi connectivity index (χ0n) is 31.9. The Labute approximate surface area is 336 Å². The lowest BCUT2D eigenvalue weighted by atomic mass is 9.92. The summed E-state index contributed by atoms with van der Waals surface area (Å²) in [6, 6.07) is 59.8. The Balaban J connectivity index is 1.04. The molecule has 0 radical (unpaired) electrons. The Hall–Kier alpha value is -7.43. The number of aromatic nitrogens is 3. The van der Waals surface area contributed by atoms with Gasteiger partial charge in [0.15, 0.2) is 17.5 Å². The van der Waals surface area contributed by atoms with Gasteiger partial charge in [-0.2, -0.15) is 0 Å². The van der Waals surface area contributed by atoms with Crippen LogP contribution in [0, 0.1) is 5.92 Å². The molecule has 10 aromatic rings. The molecule has 0 amide bonds. The van der Waals surface area contributed by atoms with E-state index in [1.54, 1.807) is 0 Å². The molecule has 1 aliphatic rings. The Bertz CT molecular complexity index is 3260. The average molecular weight is 744 g/mol. The summed E-state index contributed by atoms with van der Waals surface area (Å²) < 4.78 is 6.49. The quantitative estimate of drug-likeness (QED) is 0.170. The molecule has 0 bridgehead atoms. The van der Waals surface area contributed by atoms with Crippen molar-refractivity contribution in [1.29, 1.82) is 0 Å². The number of furan rings is 1. The summed E-state index contributed by atoms with van der Waals surface area (Å²) in [5, 5.41) is 6.75. The third-order valence-corrected chi connectivity index (χ3v) is 11.4. The van der Waals surface area contributed by atoms with Crippen molar-refractivity contribution in [3.05, 3.63) is 194 Å². The molecule has 0 spiro atoms. The highest BCUT2D eigenvalue weighted by atomic mass is 16.3. The van der Waals surface area contributed by atoms with Crippen LogP contribution in [0.5, 0.6) is 0 Å². The van der Waals surface area contributed by atoms with Crippen LogP contribution in [-0.2, 0) is 0 Å². The molecule has 0 N–H and O–H groups in total. The second kappa shape index (κ2) is 13.9. The van der Waals surface area contributed by atoms with Crippen LogP contribution in [0.1, 0.15) is 18.9 Å². The summed E-state index contributed by atoms with van der Waals surface area (Å²) in [4.78, 5) is 15.6. The zero-order chi connectivity index (χ0) is 38.6. The first-order valence-electron chi connectivity index (χ1n) is 19.9. The molecule has 4 nitrogen and oxygen atoms in total. The lowest BCUT2D eigenvalue weighted by molar-refractivity contribution is 0.669. The molecule has 0 aliphatic heterocycles. The van der Waals surface area contributed by atoms with Gasteiger partial charge in [-0.1, -0.05) is 171 Å². The normalized spacial score (nSPS) is 14.1. The lowest BCUT2D eigenvalue weighted by Crippen LogP contribution is -2.00. The summed E-state index contributed by atoms with van der Waals surface area (Å²) >= 11 is 0. The first-order valence-corrected chi connectivity index (χ1v) is 19.9. The third-order valence-electron chi connectivity index (χ3n) is 11.4. The number of allylic oxidation sites excluding steroid dienone is 4. The van der Waals surface area contributed by atoms with Crippen LogP contribution < -0.4 is 0 Å². The highest BCUT2D eigenvalue weighted by Crippen LogP contribution is 2.39. The Morgan fingerprint density at radius 2 is 1.09 bits per heavy atom. The minimum atomic E-state index is 0.552. The SMILES string of the molecule is CC1C=C(c2ccc(-c3ccc4oc5cccc(-c6nc(-c7ccc(-c8cccc9ccccc89)cc7)nc(-c7ccc8ccccc8c7)n6)c5c4c3)cc2)C=CC1. The molecule has 4 heteroatoms. The highest BCUT2D eigenvalue weighted by Gasteiger charge is 2.19. The van der Waals surface area contributed by atoms with Crippen LogP contribution in [0.3, 0.4) is 0 Å². The Morgan fingerprint density at radius 3 is 1.93 bits per heavy atom. The fourth-order valence-electron chi connectivity index (χ4n) is 8.44. The van der Waals surface area contributed by atoms with Gasteiger partial charge in [0.1, 0.15) is 11.2 Å². The Morgan fingerprint density at radius 1 is 0.448 bits per heavy atom. The predicted molar refractivity (Wildman–Crippen MR) is 240 cm³/mol. The minimum absolute atomic E-state index is 0.552. The first-order chi connectivity index (χ1) is 28.6. The van der Waals surface area contributed by atoms with E-state index in [-0.39, 0.29) is 0 Å². The van der Waals surface area contributed by atoms with Crippen molar-refractivity contribution in [3.63, 3.8) is 0 Å². The maximum atomic E-state index is 6.49. The molecular weight excluding hydrogens is 707 g/mol. The van der Waals surface area contributed by atoms with E-state index < -0.39 is 0 Å². The maximum Gasteiger partial charge on any atom is 0.164 e. The van der Waals surface area contributed by atoms with Crippen LogP contribution in [-0.4, -0.2) is 15.0 Å². The van der Waals surface area contributed by atoms with E-state index in [0.29, 0.717) is 23.4 Å². The van der Waals surface area contributed by atoms with Crippen molar-refractivity contribution in [3.8, 4) is 56.4 Å². The van der Waals surface area contributed by atoms with Gasteiger partial charge in [0.25, 0.3) is 0 Å². The molecular formula is C54H37N3O. The summed E-state index contributed by atoms with van der Waals surface area (Å²) in [6.07, 6.45) is 7.96. The van der Waals surface area contributed by atoms with Gasteiger partial charge in [0, 0.05) is 27.5 Å². The van der Waals surface area contributed by atoms with Gasteiger partial charge in [-0.25, -0.2) is 15.0 Å². The summed E-state index contributed by atoms with van der Waals surface area (Å²) in [5.41, 5.74) is 11.5. The molecule has 1 unspecified atom stereocenters. The van der Waals surface area contributed by atoms with Crippen molar-refractivity contribution >= 4 is 49.1 Å². The second-order valence-electron chi connectivity index (χ2n) is 15.3. The summed E-state index contributed by atoms with van der Waals surface area (Å²) in [5.74, 6) is 2.38. The summed E-state index contributed by atoms with van der Waals surface area (Å²) in [7, 11) is 0. The summed E-state index contributed by atoms with van der Waals surface area (Å²) in [6.45, 7) is 2.27. The first kappa shape index (κ1) is 33.9. The molecule has 0 fully saturated rings. The maximum absolute atomic E-state index is 6.49. The monoisotopic (exact) mass is 743 g/mol. The predicted octanol–water partition coefficient (Wildman–Crippen LogP) is 14.4. The molecule has 0 saturated carbocycles. The number of hydrogen-bond acceptors (Lipinski definition) is 4. The number of fused-ring (bicyclic) bond motifs is 5. The lowest BCUT2D eigenvalue weighted by Gasteiger charge is -2.13. The van der Waals surface area contributed by atoms with Gasteiger partial charge in [0.05, 0.1) is 0 Å². The molecule has 1 atom stereocenters. The second-order valence-corrected chi connectivity index (χ2v) is 15.3. The minimum Gasteiger partial charge on any atom is -0.456 e. The molecule has 58 heavy (non-hydrogen) atoms. The standard InChI is InChI=1S/C54H37N3O/c1-34-9-6-14-41(31-34)36-19-21-37(22-20-36)43-29-30-49-48(33-43)51-47(17-8-18-50(51)58-49)54-56-52(55-53(57-54)44-28-23-35-10-2-3-12-42(35)32-44)40-26-24-39(25-27-40)46-16-7-13-38-11-4-5-15-45(38)46/h2-8,10-34H,9H2,1H3. The molecule has 8 aromatic carbocycles. The van der Waals surface area contributed by atoms with Gasteiger partial charge in [0.2, 0.25) is 0 Å². The topological polar surface area (TPSA) is 51.8 Å². The largest absolute Gasteiger partial charge is 0.456 e. The fourth-order valence-corrected chi connectivity index (χ4v) is 8.44. The molecule has 274 valence electrons. The van der Waals surface area contributed by atoms with E-state index in [9.17, 15) is 0 Å². The van der Waals surface area contributed by atoms with E-state index in [0.717, 1.165) is 67.1 Å². The smallest absolute Gasteiger partial charge is 0.164 e. The van der Waals surface area contributed by atoms with Crippen molar-refractivity contribution in [1.82, 2.24) is 15.0 Å². The van der Waals surface area contributed by atoms with Crippen molar-refractivity contribution in [2.45, 2.75) is 13.3 Å². The molecule has 2 heterocycles. The van der Waals surface area contributed by atoms with Gasteiger partial charge in [-0.05, 0) is 91.5 Å². The number of nitrogens with zero attached hydrogens (tertiary/aromatic N) is 3.